The van der Waals surface area contributed by atoms with Crippen LogP contribution in [-0.4, -0.2) is 35.0 Å². The van der Waals surface area contributed by atoms with Gasteiger partial charge in [0.15, 0.2) is 0 Å². The Hall–Kier alpha value is -5.15. The van der Waals surface area contributed by atoms with Gasteiger partial charge in [-0.05, 0) is 66.6 Å². The normalized spacial score (nSPS) is 11.9. The van der Waals surface area contributed by atoms with Crippen LogP contribution in [0.1, 0.15) is 64.9 Å². The second kappa shape index (κ2) is 14.5. The molecule has 1 heterocycles. The van der Waals surface area contributed by atoms with Crippen molar-refractivity contribution in [2.75, 3.05) is 19.0 Å². The molecule has 0 aliphatic rings. The summed E-state index contributed by atoms with van der Waals surface area (Å²) in [5.74, 6) is -2.64. The van der Waals surface area contributed by atoms with Crippen molar-refractivity contribution in [1.29, 1.82) is 0 Å². The average Bonchev–Trinajstić information content (AvgIpc) is 3.04. The number of benzene rings is 4. The minimum Gasteiger partial charge on any atom is -0.462 e. The third-order valence-electron chi connectivity index (χ3n) is 8.20. The minimum atomic E-state index is -0.808. The van der Waals surface area contributed by atoms with E-state index in [0.29, 0.717) is 29.9 Å². The predicted molar refractivity (Wildman–Crippen MR) is 180 cm³/mol. The standard InChI is InChI=1S/C38H37F2N3O4/c1-5-47-38(46)32-23-43(22-31-33(39)12-9-13-34(31)40)35-19-18-29(24(2)27-14-16-28(17-15-27)41-25(3)44)30(36(35)37(32)45)21-42(4)20-26-10-7-6-8-11-26/h6-19,23-24H,5,20-22H2,1-4H3,(H,41,44). The Balaban J connectivity index is 1.73. The number of amides is 1. The smallest absolute Gasteiger partial charge is 0.343 e. The summed E-state index contributed by atoms with van der Waals surface area (Å²) in [6, 6.07) is 24.8. The van der Waals surface area contributed by atoms with Crippen LogP contribution in [0.5, 0.6) is 0 Å². The SMILES string of the molecule is CCOC(=O)c1cn(Cc2c(F)cccc2F)c2ccc(C(C)c3ccc(NC(C)=O)cc3)c(CN(C)Cc3ccccc3)c2c1=O. The summed E-state index contributed by atoms with van der Waals surface area (Å²) in [6.45, 7) is 5.84. The molecule has 7 nitrogen and oxygen atoms in total. The van der Waals surface area contributed by atoms with Gasteiger partial charge in [-0.1, -0.05) is 61.5 Å². The number of carbonyl (C=O) groups is 2. The number of esters is 1. The Morgan fingerprint density at radius 2 is 1.57 bits per heavy atom. The van der Waals surface area contributed by atoms with E-state index in [1.165, 1.54) is 31.3 Å². The highest BCUT2D eigenvalue weighted by molar-refractivity contribution is 5.95. The molecule has 5 rings (SSSR count). The van der Waals surface area contributed by atoms with Gasteiger partial charge in [0, 0.05) is 43.4 Å². The number of hydrogen-bond donors (Lipinski definition) is 1. The van der Waals surface area contributed by atoms with Crippen molar-refractivity contribution in [3.63, 3.8) is 0 Å². The lowest BCUT2D eigenvalue weighted by Crippen LogP contribution is -2.25. The zero-order valence-corrected chi connectivity index (χ0v) is 26.8. The van der Waals surface area contributed by atoms with Gasteiger partial charge >= 0.3 is 5.97 Å². The molecular weight excluding hydrogens is 600 g/mol. The first-order chi connectivity index (χ1) is 22.6. The van der Waals surface area contributed by atoms with Gasteiger partial charge in [-0.25, -0.2) is 13.6 Å². The van der Waals surface area contributed by atoms with Gasteiger partial charge in [-0.15, -0.1) is 0 Å². The number of nitrogens with one attached hydrogen (secondary N) is 1. The van der Waals surface area contributed by atoms with Crippen LogP contribution in [-0.2, 0) is 29.2 Å². The molecule has 47 heavy (non-hydrogen) atoms. The number of carbonyl (C=O) groups excluding carboxylic acids is 2. The van der Waals surface area contributed by atoms with E-state index >= 15 is 0 Å². The van der Waals surface area contributed by atoms with Gasteiger partial charge in [0.05, 0.1) is 24.1 Å². The summed E-state index contributed by atoms with van der Waals surface area (Å²) in [4.78, 5) is 41.1. The van der Waals surface area contributed by atoms with Crippen LogP contribution >= 0.6 is 0 Å². The molecule has 4 aromatic carbocycles. The van der Waals surface area contributed by atoms with E-state index in [4.69, 9.17) is 4.74 Å². The zero-order valence-electron chi connectivity index (χ0n) is 26.8. The molecule has 9 heteroatoms. The van der Waals surface area contributed by atoms with E-state index in [-0.39, 0.29) is 41.5 Å². The Bertz CT molecular complexity index is 1950. The molecular formula is C38H37F2N3O4. The van der Waals surface area contributed by atoms with Crippen molar-refractivity contribution in [3.05, 3.63) is 146 Å². The van der Waals surface area contributed by atoms with Crippen LogP contribution in [0.25, 0.3) is 10.9 Å². The Morgan fingerprint density at radius 3 is 2.21 bits per heavy atom. The van der Waals surface area contributed by atoms with Crippen LogP contribution in [0, 0.1) is 11.6 Å². The molecule has 0 saturated carbocycles. The number of aromatic nitrogens is 1. The number of nitrogens with zero attached hydrogens (tertiary/aromatic N) is 2. The fourth-order valence-corrected chi connectivity index (χ4v) is 5.94. The molecule has 0 aliphatic carbocycles. The molecule has 1 atom stereocenters. The maximum Gasteiger partial charge on any atom is 0.343 e. The molecule has 0 saturated heterocycles. The first-order valence-corrected chi connectivity index (χ1v) is 15.5. The fraction of sp³-hybridized carbons (Fsp3) is 0.237. The first kappa shape index (κ1) is 33.2. The molecule has 1 amide bonds. The molecule has 0 spiro atoms. The summed E-state index contributed by atoms with van der Waals surface area (Å²) in [6.07, 6.45) is 1.33. The summed E-state index contributed by atoms with van der Waals surface area (Å²) in [5, 5.41) is 3.06. The van der Waals surface area contributed by atoms with E-state index < -0.39 is 23.0 Å². The number of pyridine rings is 1. The Morgan fingerprint density at radius 1 is 0.894 bits per heavy atom. The molecule has 1 unspecified atom stereocenters. The fourth-order valence-electron chi connectivity index (χ4n) is 5.94. The summed E-state index contributed by atoms with van der Waals surface area (Å²) in [5.41, 5.74) is 3.76. The van der Waals surface area contributed by atoms with E-state index in [1.54, 1.807) is 17.6 Å². The highest BCUT2D eigenvalue weighted by Crippen LogP contribution is 2.33. The van der Waals surface area contributed by atoms with Gasteiger partial charge in [0.25, 0.3) is 0 Å². The van der Waals surface area contributed by atoms with Crippen LogP contribution in [0.2, 0.25) is 0 Å². The van der Waals surface area contributed by atoms with Crippen molar-refractivity contribution in [3.8, 4) is 0 Å². The first-order valence-electron chi connectivity index (χ1n) is 15.5. The van der Waals surface area contributed by atoms with Gasteiger partial charge < -0.3 is 14.6 Å². The molecule has 5 aromatic rings. The van der Waals surface area contributed by atoms with Gasteiger partial charge in [0.2, 0.25) is 11.3 Å². The topological polar surface area (TPSA) is 80.6 Å². The predicted octanol–water partition coefficient (Wildman–Crippen LogP) is 7.25. The second-order valence-electron chi connectivity index (χ2n) is 11.6. The van der Waals surface area contributed by atoms with Crippen LogP contribution in [0.15, 0.2) is 95.9 Å². The van der Waals surface area contributed by atoms with Crippen LogP contribution < -0.4 is 10.7 Å². The van der Waals surface area contributed by atoms with Crippen molar-refractivity contribution >= 4 is 28.5 Å². The van der Waals surface area contributed by atoms with Gasteiger partial charge in [0.1, 0.15) is 17.2 Å². The number of halogens is 2. The largest absolute Gasteiger partial charge is 0.462 e. The maximum absolute atomic E-state index is 14.9. The summed E-state index contributed by atoms with van der Waals surface area (Å²) >= 11 is 0. The molecule has 0 aliphatic heterocycles. The van der Waals surface area contributed by atoms with Crippen LogP contribution in [0.4, 0.5) is 14.5 Å². The van der Waals surface area contributed by atoms with Crippen molar-refractivity contribution in [1.82, 2.24) is 9.47 Å². The lowest BCUT2D eigenvalue weighted by Gasteiger charge is -2.25. The van der Waals surface area contributed by atoms with Crippen molar-refractivity contribution in [2.45, 2.75) is 46.3 Å². The molecule has 1 aromatic heterocycles. The average molecular weight is 638 g/mol. The van der Waals surface area contributed by atoms with E-state index in [2.05, 4.69) is 10.2 Å². The zero-order chi connectivity index (χ0) is 33.7. The van der Waals surface area contributed by atoms with Crippen molar-refractivity contribution < 1.29 is 23.1 Å². The number of anilines is 1. The summed E-state index contributed by atoms with van der Waals surface area (Å²) < 4.78 is 36.5. The summed E-state index contributed by atoms with van der Waals surface area (Å²) in [7, 11) is 1.95. The maximum atomic E-state index is 14.9. The molecule has 242 valence electrons. The highest BCUT2D eigenvalue weighted by Gasteiger charge is 2.24. The lowest BCUT2D eigenvalue weighted by molar-refractivity contribution is -0.114. The number of hydrogen-bond acceptors (Lipinski definition) is 5. The lowest BCUT2D eigenvalue weighted by atomic mass is 9.87. The third kappa shape index (κ3) is 7.47. The molecule has 0 bridgehead atoms. The van der Waals surface area contributed by atoms with Gasteiger partial charge in [-0.2, -0.15) is 0 Å². The number of fused-ring (bicyclic) bond motifs is 1. The Labute approximate surface area is 272 Å². The molecule has 0 radical (unpaired) electrons. The quantitative estimate of drug-likeness (QED) is 0.154. The highest BCUT2D eigenvalue weighted by atomic mass is 19.1. The third-order valence-corrected chi connectivity index (χ3v) is 8.20. The molecule has 0 fully saturated rings. The van der Waals surface area contributed by atoms with E-state index in [0.717, 1.165) is 16.7 Å². The minimum absolute atomic E-state index is 0.0521. The second-order valence-corrected chi connectivity index (χ2v) is 11.6. The van der Waals surface area contributed by atoms with Crippen molar-refractivity contribution in [2.24, 2.45) is 0 Å². The van der Waals surface area contributed by atoms with Gasteiger partial charge in [-0.3, -0.25) is 14.5 Å². The Kier molecular flexibility index (Phi) is 10.3. The van der Waals surface area contributed by atoms with Crippen LogP contribution in [0.3, 0.4) is 0 Å². The monoisotopic (exact) mass is 637 g/mol. The van der Waals surface area contributed by atoms with E-state index in [1.807, 2.05) is 74.6 Å². The number of ether oxygens (including phenoxy) is 1. The molecule has 1 N–H and O–H groups in total. The van der Waals surface area contributed by atoms with E-state index in [9.17, 15) is 23.2 Å². The number of rotatable bonds is 11.